The summed E-state index contributed by atoms with van der Waals surface area (Å²) in [6, 6.07) is 9.33. The Balaban J connectivity index is 1.90. The van der Waals surface area contributed by atoms with Crippen LogP contribution < -0.4 is 5.32 Å². The minimum atomic E-state index is 0.563. The van der Waals surface area contributed by atoms with Crippen molar-refractivity contribution >= 4 is 11.3 Å². The molecule has 0 bridgehead atoms. The van der Waals surface area contributed by atoms with Crippen LogP contribution in [0.4, 0.5) is 0 Å². The smallest absolute Gasteiger partial charge is 0.0299 e. The average molecular weight is 302 g/mol. The van der Waals surface area contributed by atoms with E-state index in [4.69, 9.17) is 0 Å². The van der Waals surface area contributed by atoms with Crippen molar-refractivity contribution in [2.75, 3.05) is 6.54 Å². The van der Waals surface area contributed by atoms with E-state index in [9.17, 15) is 0 Å². The average Bonchev–Trinajstić information content (AvgIpc) is 2.98. The molecule has 2 aromatic heterocycles. The van der Waals surface area contributed by atoms with E-state index in [1.807, 2.05) is 29.8 Å². The number of aromatic nitrogens is 1. The molecule has 0 spiro atoms. The first-order valence-electron chi connectivity index (χ1n) is 8.01. The van der Waals surface area contributed by atoms with Crippen LogP contribution in [0.5, 0.6) is 0 Å². The lowest BCUT2D eigenvalue weighted by Crippen LogP contribution is -2.32. The van der Waals surface area contributed by atoms with Crippen LogP contribution in [0.2, 0.25) is 0 Å². The van der Waals surface area contributed by atoms with E-state index >= 15 is 0 Å². The summed E-state index contributed by atoms with van der Waals surface area (Å²) in [5, 5.41) is 3.70. The third-order valence-corrected chi connectivity index (χ3v) is 4.95. The Kier molecular flexibility index (Phi) is 6.90. The summed E-state index contributed by atoms with van der Waals surface area (Å²) in [7, 11) is 0. The van der Waals surface area contributed by atoms with Crippen molar-refractivity contribution in [1.29, 1.82) is 0 Å². The topological polar surface area (TPSA) is 24.9 Å². The molecule has 0 amide bonds. The van der Waals surface area contributed by atoms with Gasteiger partial charge in [-0.1, -0.05) is 19.9 Å². The van der Waals surface area contributed by atoms with E-state index in [1.54, 1.807) is 0 Å². The van der Waals surface area contributed by atoms with Crippen LogP contribution in [0.1, 0.15) is 42.0 Å². The van der Waals surface area contributed by atoms with Crippen LogP contribution in [-0.2, 0) is 19.3 Å². The van der Waals surface area contributed by atoms with Crippen LogP contribution in [0.3, 0.4) is 0 Å². The van der Waals surface area contributed by atoms with E-state index in [0.29, 0.717) is 6.04 Å². The molecule has 0 aliphatic heterocycles. The summed E-state index contributed by atoms with van der Waals surface area (Å²) in [5.74, 6) is 0. The molecule has 114 valence electrons. The van der Waals surface area contributed by atoms with Gasteiger partial charge in [-0.15, -0.1) is 11.3 Å². The number of nitrogens with zero attached hydrogens (tertiary/aromatic N) is 1. The van der Waals surface area contributed by atoms with Gasteiger partial charge in [0.05, 0.1) is 0 Å². The lowest BCUT2D eigenvalue weighted by Gasteiger charge is -2.17. The van der Waals surface area contributed by atoms with Gasteiger partial charge in [-0.3, -0.25) is 4.98 Å². The van der Waals surface area contributed by atoms with Gasteiger partial charge >= 0.3 is 0 Å². The Bertz CT molecular complexity index is 507. The van der Waals surface area contributed by atoms with Crippen molar-refractivity contribution < 1.29 is 0 Å². The van der Waals surface area contributed by atoms with Crippen LogP contribution in [0.25, 0.3) is 0 Å². The Labute approximate surface area is 132 Å². The van der Waals surface area contributed by atoms with Crippen molar-refractivity contribution in [3.63, 3.8) is 0 Å². The quantitative estimate of drug-likeness (QED) is 0.749. The zero-order chi connectivity index (χ0) is 14.9. The van der Waals surface area contributed by atoms with E-state index in [-0.39, 0.29) is 0 Å². The monoisotopic (exact) mass is 302 g/mol. The highest BCUT2D eigenvalue weighted by Gasteiger charge is 2.11. The first-order chi connectivity index (χ1) is 10.3. The molecule has 2 nitrogen and oxygen atoms in total. The molecule has 0 aliphatic rings. The van der Waals surface area contributed by atoms with Crippen LogP contribution in [0, 0.1) is 0 Å². The van der Waals surface area contributed by atoms with Gasteiger partial charge in [0.1, 0.15) is 0 Å². The van der Waals surface area contributed by atoms with Gasteiger partial charge in [-0.05, 0) is 62.4 Å². The second-order valence-electron chi connectivity index (χ2n) is 5.48. The highest BCUT2D eigenvalue weighted by Crippen LogP contribution is 2.20. The summed E-state index contributed by atoms with van der Waals surface area (Å²) < 4.78 is 0. The van der Waals surface area contributed by atoms with E-state index in [2.05, 4.69) is 42.3 Å². The Morgan fingerprint density at radius 3 is 2.71 bits per heavy atom. The Hall–Kier alpha value is -1.19. The first-order valence-corrected chi connectivity index (χ1v) is 8.83. The van der Waals surface area contributed by atoms with Gasteiger partial charge in [0, 0.05) is 28.2 Å². The fraction of sp³-hybridized carbons (Fsp3) is 0.500. The number of thiophene rings is 1. The van der Waals surface area contributed by atoms with Crippen molar-refractivity contribution in [2.45, 2.75) is 52.0 Å². The van der Waals surface area contributed by atoms with E-state index < -0.39 is 0 Å². The van der Waals surface area contributed by atoms with Gasteiger partial charge in [0.2, 0.25) is 0 Å². The molecule has 3 heteroatoms. The van der Waals surface area contributed by atoms with Gasteiger partial charge in [-0.25, -0.2) is 0 Å². The number of hydrogen-bond acceptors (Lipinski definition) is 3. The summed E-state index contributed by atoms with van der Waals surface area (Å²) in [4.78, 5) is 7.20. The molecule has 0 saturated heterocycles. The molecule has 0 aromatic carbocycles. The van der Waals surface area contributed by atoms with Crippen LogP contribution >= 0.6 is 11.3 Å². The normalized spacial score (nSPS) is 12.5. The molecule has 2 heterocycles. The number of rotatable bonds is 9. The van der Waals surface area contributed by atoms with Crippen LogP contribution in [-0.4, -0.2) is 17.6 Å². The van der Waals surface area contributed by atoms with E-state index in [0.717, 1.165) is 25.8 Å². The molecule has 0 aliphatic carbocycles. The predicted molar refractivity (Wildman–Crippen MR) is 92.0 cm³/mol. The highest BCUT2D eigenvalue weighted by molar-refractivity contribution is 7.11. The lowest BCUT2D eigenvalue weighted by molar-refractivity contribution is 0.480. The van der Waals surface area contributed by atoms with E-state index in [1.165, 1.54) is 28.2 Å². The third kappa shape index (κ3) is 5.60. The van der Waals surface area contributed by atoms with Crippen molar-refractivity contribution in [1.82, 2.24) is 10.3 Å². The van der Waals surface area contributed by atoms with Gasteiger partial charge in [0.15, 0.2) is 0 Å². The number of pyridine rings is 1. The molecule has 0 saturated carbocycles. The highest BCUT2D eigenvalue weighted by atomic mass is 32.1. The first kappa shape index (κ1) is 16.2. The largest absolute Gasteiger partial charge is 0.314 e. The number of hydrogen-bond donors (Lipinski definition) is 1. The number of aryl methyl sites for hydroxylation is 2. The van der Waals surface area contributed by atoms with Crippen molar-refractivity contribution in [2.24, 2.45) is 0 Å². The SMILES string of the molecule is CCCNC(CCc1cccnc1)Cc1ccc(CC)s1. The molecule has 2 rings (SSSR count). The maximum atomic E-state index is 4.20. The third-order valence-electron chi connectivity index (χ3n) is 3.70. The summed E-state index contributed by atoms with van der Waals surface area (Å²) in [6.45, 7) is 5.56. The van der Waals surface area contributed by atoms with Gasteiger partial charge < -0.3 is 5.32 Å². The minimum absolute atomic E-state index is 0.563. The molecule has 0 fully saturated rings. The minimum Gasteiger partial charge on any atom is -0.314 e. The molecule has 1 N–H and O–H groups in total. The standard InChI is InChI=1S/C18H26N2S/c1-3-11-20-16(8-7-15-6-5-12-19-14-15)13-18-10-9-17(4-2)21-18/h5-6,9-10,12,14,16,20H,3-4,7-8,11,13H2,1-2H3. The molecule has 2 aromatic rings. The second-order valence-corrected chi connectivity index (χ2v) is 6.73. The number of nitrogens with one attached hydrogen (secondary N) is 1. The summed E-state index contributed by atoms with van der Waals surface area (Å²) in [5.41, 5.74) is 1.33. The Morgan fingerprint density at radius 1 is 1.19 bits per heavy atom. The van der Waals surface area contributed by atoms with Gasteiger partial charge in [0.25, 0.3) is 0 Å². The Morgan fingerprint density at radius 2 is 2.05 bits per heavy atom. The molecule has 1 unspecified atom stereocenters. The fourth-order valence-electron chi connectivity index (χ4n) is 2.48. The molecular formula is C18H26N2S. The molecular weight excluding hydrogens is 276 g/mol. The zero-order valence-electron chi connectivity index (χ0n) is 13.1. The summed E-state index contributed by atoms with van der Waals surface area (Å²) in [6.07, 6.45) is 9.57. The maximum Gasteiger partial charge on any atom is 0.0299 e. The molecule has 21 heavy (non-hydrogen) atoms. The second kappa shape index (κ2) is 8.96. The zero-order valence-corrected chi connectivity index (χ0v) is 14.0. The predicted octanol–water partition coefficient (Wildman–Crippen LogP) is 4.25. The van der Waals surface area contributed by atoms with Crippen molar-refractivity contribution in [3.05, 3.63) is 52.0 Å². The molecule has 0 radical (unpaired) electrons. The van der Waals surface area contributed by atoms with Gasteiger partial charge in [-0.2, -0.15) is 0 Å². The fourth-order valence-corrected chi connectivity index (χ4v) is 3.51. The van der Waals surface area contributed by atoms with Crippen molar-refractivity contribution in [3.8, 4) is 0 Å². The lowest BCUT2D eigenvalue weighted by atomic mass is 10.0. The maximum absolute atomic E-state index is 4.20. The van der Waals surface area contributed by atoms with Crippen LogP contribution in [0.15, 0.2) is 36.7 Å². The molecule has 1 atom stereocenters. The summed E-state index contributed by atoms with van der Waals surface area (Å²) >= 11 is 1.96.